The third-order valence-corrected chi connectivity index (χ3v) is 5.46. The number of urea groups is 1. The van der Waals surface area contributed by atoms with Crippen molar-refractivity contribution in [3.8, 4) is 17.3 Å². The average molecular weight is 414 g/mol. The standard InChI is InChI=1S/C23H16ClN5O/c24-18-3-1-2-15(8-18)12-29-13-17-9-19-21(10-20(17)26-23(29)30)27-28-22(19)16-6-4-14(11-25)5-7-16/h1-10H,12-13H2,(H,26,30)(H,27,28). The number of anilines is 1. The summed E-state index contributed by atoms with van der Waals surface area (Å²) < 4.78 is 0. The van der Waals surface area contributed by atoms with Gasteiger partial charge in [-0.1, -0.05) is 35.9 Å². The van der Waals surface area contributed by atoms with Crippen LogP contribution in [0.5, 0.6) is 0 Å². The predicted octanol–water partition coefficient (Wildman–Crippen LogP) is 5.30. The van der Waals surface area contributed by atoms with Gasteiger partial charge in [0.1, 0.15) is 0 Å². The van der Waals surface area contributed by atoms with E-state index >= 15 is 0 Å². The Hall–Kier alpha value is -3.82. The van der Waals surface area contributed by atoms with E-state index in [1.807, 2.05) is 42.5 Å². The number of H-pyrrole nitrogens is 1. The van der Waals surface area contributed by atoms with Crippen LogP contribution in [0.2, 0.25) is 5.02 Å². The Balaban J connectivity index is 1.49. The Bertz CT molecular complexity index is 1320. The summed E-state index contributed by atoms with van der Waals surface area (Å²) in [5.74, 6) is 0. The molecule has 0 saturated carbocycles. The molecule has 5 rings (SSSR count). The molecule has 7 heteroatoms. The zero-order chi connectivity index (χ0) is 20.7. The van der Waals surface area contributed by atoms with Crippen molar-refractivity contribution in [1.29, 1.82) is 5.26 Å². The van der Waals surface area contributed by atoms with Gasteiger partial charge in [0.05, 0.1) is 22.8 Å². The van der Waals surface area contributed by atoms with Crippen molar-refractivity contribution >= 4 is 34.2 Å². The Morgan fingerprint density at radius 1 is 1.13 bits per heavy atom. The number of carbonyl (C=O) groups excluding carboxylic acids is 1. The molecule has 0 spiro atoms. The number of rotatable bonds is 3. The lowest BCUT2D eigenvalue weighted by Crippen LogP contribution is -2.38. The normalized spacial score (nSPS) is 13.1. The second kappa shape index (κ2) is 7.21. The Labute approximate surface area is 177 Å². The topological polar surface area (TPSA) is 84.8 Å². The van der Waals surface area contributed by atoms with Crippen LogP contribution in [0.25, 0.3) is 22.2 Å². The minimum Gasteiger partial charge on any atom is -0.316 e. The monoisotopic (exact) mass is 413 g/mol. The summed E-state index contributed by atoms with van der Waals surface area (Å²) in [5, 5.41) is 21.1. The van der Waals surface area contributed by atoms with E-state index in [1.54, 1.807) is 17.0 Å². The molecule has 1 aromatic heterocycles. The van der Waals surface area contributed by atoms with Crippen LogP contribution in [0.3, 0.4) is 0 Å². The largest absolute Gasteiger partial charge is 0.322 e. The molecule has 6 nitrogen and oxygen atoms in total. The van der Waals surface area contributed by atoms with Gasteiger partial charge in [-0.2, -0.15) is 10.4 Å². The number of nitrogens with one attached hydrogen (secondary N) is 2. The number of aromatic nitrogens is 2. The number of carbonyl (C=O) groups is 1. The molecule has 1 aliphatic heterocycles. The number of aromatic amines is 1. The van der Waals surface area contributed by atoms with Crippen LogP contribution in [0.15, 0.2) is 60.7 Å². The van der Waals surface area contributed by atoms with Crippen molar-refractivity contribution in [3.05, 3.63) is 82.4 Å². The molecule has 1 aliphatic rings. The molecule has 2 amide bonds. The van der Waals surface area contributed by atoms with Gasteiger partial charge in [-0.3, -0.25) is 5.10 Å². The van der Waals surface area contributed by atoms with Gasteiger partial charge in [-0.25, -0.2) is 4.79 Å². The molecule has 0 bridgehead atoms. The molecule has 0 radical (unpaired) electrons. The number of benzene rings is 3. The molecule has 0 unspecified atom stereocenters. The fourth-order valence-electron chi connectivity index (χ4n) is 3.73. The molecule has 0 aliphatic carbocycles. The second-order valence-corrected chi connectivity index (χ2v) is 7.67. The number of hydrogen-bond donors (Lipinski definition) is 2. The highest BCUT2D eigenvalue weighted by molar-refractivity contribution is 6.30. The number of hydrogen-bond acceptors (Lipinski definition) is 3. The molecule has 0 saturated heterocycles. The number of amides is 2. The molecular weight excluding hydrogens is 398 g/mol. The van der Waals surface area contributed by atoms with Crippen LogP contribution in [-0.2, 0) is 13.1 Å². The van der Waals surface area contributed by atoms with Crippen LogP contribution in [0.4, 0.5) is 10.5 Å². The quantitative estimate of drug-likeness (QED) is 0.477. The minimum absolute atomic E-state index is 0.145. The maximum absolute atomic E-state index is 12.6. The van der Waals surface area contributed by atoms with Gasteiger partial charge in [0.25, 0.3) is 0 Å². The first kappa shape index (κ1) is 18.2. The third-order valence-electron chi connectivity index (χ3n) is 5.23. The fourth-order valence-corrected chi connectivity index (χ4v) is 3.95. The summed E-state index contributed by atoms with van der Waals surface area (Å²) >= 11 is 6.08. The van der Waals surface area contributed by atoms with E-state index in [0.29, 0.717) is 23.7 Å². The molecular formula is C23H16ClN5O. The first-order valence-electron chi connectivity index (χ1n) is 9.42. The summed E-state index contributed by atoms with van der Waals surface area (Å²) in [4.78, 5) is 14.4. The predicted molar refractivity (Wildman–Crippen MR) is 116 cm³/mol. The summed E-state index contributed by atoms with van der Waals surface area (Å²) in [6, 6.07) is 20.8. The average Bonchev–Trinajstić information content (AvgIpc) is 3.15. The minimum atomic E-state index is -0.145. The zero-order valence-corrected chi connectivity index (χ0v) is 16.6. The van der Waals surface area contributed by atoms with Crippen LogP contribution in [0, 0.1) is 11.3 Å². The van der Waals surface area contributed by atoms with E-state index in [4.69, 9.17) is 16.9 Å². The number of nitriles is 1. The number of nitrogens with zero attached hydrogens (tertiary/aromatic N) is 3. The highest BCUT2D eigenvalue weighted by Gasteiger charge is 2.24. The molecule has 3 aromatic carbocycles. The van der Waals surface area contributed by atoms with Gasteiger partial charge in [0.15, 0.2) is 0 Å². The smallest absolute Gasteiger partial charge is 0.316 e. The molecule has 30 heavy (non-hydrogen) atoms. The molecule has 146 valence electrons. The van der Waals surface area contributed by atoms with Crippen LogP contribution < -0.4 is 5.32 Å². The zero-order valence-electron chi connectivity index (χ0n) is 15.8. The van der Waals surface area contributed by atoms with Gasteiger partial charge in [-0.05, 0) is 47.5 Å². The maximum atomic E-state index is 12.6. The van der Waals surface area contributed by atoms with Gasteiger partial charge in [-0.15, -0.1) is 0 Å². The van der Waals surface area contributed by atoms with Crippen molar-refractivity contribution in [3.63, 3.8) is 0 Å². The molecule has 0 atom stereocenters. The molecule has 2 heterocycles. The lowest BCUT2D eigenvalue weighted by molar-refractivity contribution is 0.204. The van der Waals surface area contributed by atoms with E-state index in [2.05, 4.69) is 27.6 Å². The van der Waals surface area contributed by atoms with Crippen LogP contribution in [0.1, 0.15) is 16.7 Å². The number of halogens is 1. The SMILES string of the molecule is N#Cc1ccc(-c2n[nH]c3cc4c(cc23)CN(Cc2cccc(Cl)c2)C(=O)N4)cc1. The van der Waals surface area contributed by atoms with E-state index in [9.17, 15) is 4.79 Å². The van der Waals surface area contributed by atoms with Gasteiger partial charge >= 0.3 is 6.03 Å². The summed E-state index contributed by atoms with van der Waals surface area (Å²) in [7, 11) is 0. The van der Waals surface area contributed by atoms with Gasteiger partial charge in [0.2, 0.25) is 0 Å². The lowest BCUT2D eigenvalue weighted by Gasteiger charge is -2.29. The van der Waals surface area contributed by atoms with Crippen molar-refractivity contribution in [2.24, 2.45) is 0 Å². The molecule has 4 aromatic rings. The molecule has 0 fully saturated rings. The van der Waals surface area contributed by atoms with E-state index in [0.717, 1.165) is 39.0 Å². The first-order chi connectivity index (χ1) is 14.6. The summed E-state index contributed by atoms with van der Waals surface area (Å²) in [6.07, 6.45) is 0. The van der Waals surface area contributed by atoms with Crippen molar-refractivity contribution in [2.75, 3.05) is 5.32 Å². The van der Waals surface area contributed by atoms with Gasteiger partial charge in [0, 0.05) is 34.7 Å². The van der Waals surface area contributed by atoms with Crippen molar-refractivity contribution < 1.29 is 4.79 Å². The van der Waals surface area contributed by atoms with Crippen LogP contribution in [-0.4, -0.2) is 21.1 Å². The van der Waals surface area contributed by atoms with Gasteiger partial charge < -0.3 is 10.2 Å². The van der Waals surface area contributed by atoms with E-state index < -0.39 is 0 Å². The fraction of sp³-hybridized carbons (Fsp3) is 0.0870. The second-order valence-electron chi connectivity index (χ2n) is 7.23. The van der Waals surface area contributed by atoms with E-state index in [-0.39, 0.29) is 6.03 Å². The van der Waals surface area contributed by atoms with E-state index in [1.165, 1.54) is 0 Å². The highest BCUT2D eigenvalue weighted by atomic mass is 35.5. The maximum Gasteiger partial charge on any atom is 0.322 e. The molecule has 2 N–H and O–H groups in total. The lowest BCUT2D eigenvalue weighted by atomic mass is 10.0. The summed E-state index contributed by atoms with van der Waals surface area (Å²) in [6.45, 7) is 0.958. The summed E-state index contributed by atoms with van der Waals surface area (Å²) in [5.41, 5.74) is 5.97. The first-order valence-corrected chi connectivity index (χ1v) is 9.80. The van der Waals surface area contributed by atoms with Crippen molar-refractivity contribution in [2.45, 2.75) is 13.1 Å². The number of fused-ring (bicyclic) bond motifs is 2. The Morgan fingerprint density at radius 3 is 2.73 bits per heavy atom. The highest BCUT2D eigenvalue weighted by Crippen LogP contribution is 2.33. The van der Waals surface area contributed by atoms with Crippen molar-refractivity contribution in [1.82, 2.24) is 15.1 Å². The third kappa shape index (κ3) is 3.25. The Morgan fingerprint density at radius 2 is 1.97 bits per heavy atom. The van der Waals surface area contributed by atoms with Crippen LogP contribution >= 0.6 is 11.6 Å². The Kier molecular flexibility index (Phi) is 4.38.